The summed E-state index contributed by atoms with van der Waals surface area (Å²) in [4.78, 5) is 24.5. The van der Waals surface area contributed by atoms with Crippen molar-refractivity contribution >= 4 is 11.9 Å². The first-order valence-corrected chi connectivity index (χ1v) is 26.2. The molecule has 0 aromatic rings. The number of hydrogen-bond donors (Lipinski definition) is 1. The predicted molar refractivity (Wildman–Crippen MR) is 261 cm³/mol. The lowest BCUT2D eigenvalue weighted by atomic mass is 10.0. The first-order valence-electron chi connectivity index (χ1n) is 26.2. The highest BCUT2D eigenvalue weighted by Gasteiger charge is 2.16. The largest absolute Gasteiger partial charge is 0.462 e. The Hall–Kier alpha value is -2.14. The predicted octanol–water partition coefficient (Wildman–Crippen LogP) is 17.3. The lowest BCUT2D eigenvalue weighted by Gasteiger charge is -2.15. The molecule has 5 heteroatoms. The molecule has 60 heavy (non-hydrogen) atoms. The molecule has 0 bridgehead atoms. The molecule has 0 heterocycles. The summed E-state index contributed by atoms with van der Waals surface area (Å²) in [5.41, 5.74) is 0. The molecule has 350 valence electrons. The van der Waals surface area contributed by atoms with Gasteiger partial charge in [0.2, 0.25) is 0 Å². The maximum atomic E-state index is 12.3. The third-order valence-electron chi connectivity index (χ3n) is 11.6. The average molecular weight is 841 g/mol. The minimum Gasteiger partial charge on any atom is -0.462 e. The van der Waals surface area contributed by atoms with Gasteiger partial charge >= 0.3 is 11.9 Å². The fraction of sp³-hybridized carbons (Fsp3) is 0.818. The molecule has 1 atom stereocenters. The van der Waals surface area contributed by atoms with Crippen LogP contribution >= 0.6 is 0 Å². The van der Waals surface area contributed by atoms with Gasteiger partial charge in [-0.25, -0.2) is 0 Å². The van der Waals surface area contributed by atoms with Gasteiger partial charge in [-0.2, -0.15) is 0 Å². The molecule has 0 spiro atoms. The Labute approximate surface area is 373 Å². The fourth-order valence-electron chi connectivity index (χ4n) is 7.62. The molecule has 0 saturated carbocycles. The zero-order valence-electron chi connectivity index (χ0n) is 40.0. The highest BCUT2D eigenvalue weighted by atomic mass is 16.6. The molecule has 0 amide bonds. The van der Waals surface area contributed by atoms with Crippen LogP contribution < -0.4 is 0 Å². The molecule has 0 aromatic heterocycles. The van der Waals surface area contributed by atoms with Gasteiger partial charge in [0, 0.05) is 12.8 Å². The SMILES string of the molecule is CCCCCCC/C=C\C/C=C\C/C=C\CCCCCCCCC(=O)OC(CO)COC(=O)CCCCCCCCCCCCCCC/C=C\CCCCCCCCCC. The number of unbranched alkanes of at least 4 members (excludes halogenated alkanes) is 32. The number of carbonyl (C=O) groups excluding carboxylic acids is 2. The highest BCUT2D eigenvalue weighted by Crippen LogP contribution is 2.15. The van der Waals surface area contributed by atoms with E-state index in [9.17, 15) is 14.7 Å². The van der Waals surface area contributed by atoms with E-state index in [2.05, 4.69) is 62.5 Å². The van der Waals surface area contributed by atoms with Crippen molar-refractivity contribution in [2.45, 2.75) is 277 Å². The number of hydrogen-bond acceptors (Lipinski definition) is 5. The van der Waals surface area contributed by atoms with Crippen LogP contribution in [0.4, 0.5) is 0 Å². The van der Waals surface area contributed by atoms with Gasteiger partial charge in [0.05, 0.1) is 6.61 Å². The van der Waals surface area contributed by atoms with E-state index in [0.29, 0.717) is 12.8 Å². The third kappa shape index (κ3) is 48.5. The van der Waals surface area contributed by atoms with E-state index >= 15 is 0 Å². The van der Waals surface area contributed by atoms with Gasteiger partial charge in [0.1, 0.15) is 6.61 Å². The minimum atomic E-state index is -0.779. The minimum absolute atomic E-state index is 0.0702. The summed E-state index contributed by atoms with van der Waals surface area (Å²) in [6, 6.07) is 0. The number of aliphatic hydroxyl groups excluding tert-OH is 1. The Morgan fingerprint density at radius 2 is 0.667 bits per heavy atom. The van der Waals surface area contributed by atoms with E-state index < -0.39 is 6.10 Å². The molecule has 0 aliphatic heterocycles. The number of aliphatic hydroxyl groups is 1. The number of allylic oxidation sites excluding steroid dienone is 8. The molecule has 0 aromatic carbocycles. The van der Waals surface area contributed by atoms with Crippen LogP contribution in [-0.4, -0.2) is 36.4 Å². The Balaban J connectivity index is 3.50. The Bertz CT molecular complexity index is 997. The monoisotopic (exact) mass is 841 g/mol. The number of carbonyl (C=O) groups is 2. The molecule has 0 radical (unpaired) electrons. The van der Waals surface area contributed by atoms with E-state index in [1.807, 2.05) is 0 Å². The maximum absolute atomic E-state index is 12.3. The lowest BCUT2D eigenvalue weighted by molar-refractivity contribution is -0.161. The zero-order chi connectivity index (χ0) is 43.5. The van der Waals surface area contributed by atoms with Crippen molar-refractivity contribution < 1.29 is 24.2 Å². The molecular formula is C55H100O5. The number of ether oxygens (including phenoxy) is 2. The molecule has 0 fully saturated rings. The highest BCUT2D eigenvalue weighted by molar-refractivity contribution is 5.70. The van der Waals surface area contributed by atoms with Gasteiger partial charge in [-0.3, -0.25) is 9.59 Å². The van der Waals surface area contributed by atoms with Crippen LogP contribution in [0.5, 0.6) is 0 Å². The number of rotatable bonds is 48. The van der Waals surface area contributed by atoms with Crippen LogP contribution in [0.2, 0.25) is 0 Å². The van der Waals surface area contributed by atoms with E-state index in [0.717, 1.165) is 57.8 Å². The Kier molecular flexibility index (Phi) is 49.4. The summed E-state index contributed by atoms with van der Waals surface area (Å²) < 4.78 is 10.7. The summed E-state index contributed by atoms with van der Waals surface area (Å²) >= 11 is 0. The van der Waals surface area contributed by atoms with E-state index in [1.54, 1.807) is 0 Å². The van der Waals surface area contributed by atoms with Crippen molar-refractivity contribution in [2.75, 3.05) is 13.2 Å². The van der Waals surface area contributed by atoms with Crippen LogP contribution in [0, 0.1) is 0 Å². The first kappa shape index (κ1) is 57.9. The fourth-order valence-corrected chi connectivity index (χ4v) is 7.62. The molecule has 0 rings (SSSR count). The molecule has 1 unspecified atom stereocenters. The standard InChI is InChI=1S/C55H100O5/c1-3-5-7-9-11-13-15-17-19-21-23-25-26-27-28-30-31-33-35-37-39-41-43-45-47-49-54(57)59-52-53(51-56)60-55(58)50-48-46-44-42-40-38-36-34-32-29-24-22-20-18-16-14-12-10-8-6-4-2/h16,18,21-24,32,34,53,56H,3-15,17,19-20,25-31,33,35-52H2,1-2H3/b18-16-,23-21-,24-22-,34-32-. The average Bonchev–Trinajstić information content (AvgIpc) is 3.25. The van der Waals surface area contributed by atoms with E-state index in [-0.39, 0.29) is 25.2 Å². The van der Waals surface area contributed by atoms with Gasteiger partial charge in [-0.15, -0.1) is 0 Å². The smallest absolute Gasteiger partial charge is 0.306 e. The summed E-state index contributed by atoms with van der Waals surface area (Å²) in [5, 5.41) is 9.63. The Morgan fingerprint density at radius 1 is 0.383 bits per heavy atom. The van der Waals surface area contributed by atoms with Crippen molar-refractivity contribution in [1.29, 1.82) is 0 Å². The topological polar surface area (TPSA) is 72.8 Å². The van der Waals surface area contributed by atoms with Crippen molar-refractivity contribution in [3.05, 3.63) is 48.6 Å². The summed E-state index contributed by atoms with van der Waals surface area (Å²) in [7, 11) is 0. The zero-order valence-corrected chi connectivity index (χ0v) is 40.0. The van der Waals surface area contributed by atoms with Crippen molar-refractivity contribution in [3.8, 4) is 0 Å². The van der Waals surface area contributed by atoms with Gasteiger partial charge in [0.25, 0.3) is 0 Å². The second-order valence-corrected chi connectivity index (χ2v) is 17.6. The van der Waals surface area contributed by atoms with Gasteiger partial charge in [-0.1, -0.05) is 229 Å². The molecule has 0 aliphatic rings. The quantitative estimate of drug-likeness (QED) is 0.0375. The van der Waals surface area contributed by atoms with Crippen molar-refractivity contribution in [3.63, 3.8) is 0 Å². The molecule has 1 N–H and O–H groups in total. The maximum Gasteiger partial charge on any atom is 0.306 e. The van der Waals surface area contributed by atoms with Crippen LogP contribution in [0.3, 0.4) is 0 Å². The third-order valence-corrected chi connectivity index (χ3v) is 11.6. The van der Waals surface area contributed by atoms with Gasteiger partial charge in [0.15, 0.2) is 6.10 Å². The summed E-state index contributed by atoms with van der Waals surface area (Å²) in [6.07, 6.45) is 66.4. The second kappa shape index (κ2) is 51.2. The Morgan fingerprint density at radius 3 is 1.02 bits per heavy atom. The first-order chi connectivity index (χ1) is 29.6. The van der Waals surface area contributed by atoms with Gasteiger partial charge in [-0.05, 0) is 77.0 Å². The van der Waals surface area contributed by atoms with Crippen LogP contribution in [0.15, 0.2) is 48.6 Å². The molecular weight excluding hydrogens is 741 g/mol. The molecule has 0 saturated heterocycles. The molecule has 5 nitrogen and oxygen atoms in total. The normalized spacial score (nSPS) is 12.5. The van der Waals surface area contributed by atoms with E-state index in [1.165, 1.54) is 186 Å². The molecule has 0 aliphatic carbocycles. The summed E-state index contributed by atoms with van der Waals surface area (Å²) in [5.74, 6) is -0.597. The van der Waals surface area contributed by atoms with Gasteiger partial charge < -0.3 is 14.6 Å². The van der Waals surface area contributed by atoms with Crippen molar-refractivity contribution in [2.24, 2.45) is 0 Å². The number of esters is 2. The summed E-state index contributed by atoms with van der Waals surface area (Å²) in [6.45, 7) is 4.14. The second-order valence-electron chi connectivity index (χ2n) is 17.6. The van der Waals surface area contributed by atoms with Crippen LogP contribution in [-0.2, 0) is 19.1 Å². The van der Waals surface area contributed by atoms with Crippen LogP contribution in [0.1, 0.15) is 271 Å². The van der Waals surface area contributed by atoms with Crippen molar-refractivity contribution in [1.82, 2.24) is 0 Å². The van der Waals surface area contributed by atoms with E-state index in [4.69, 9.17) is 9.47 Å². The van der Waals surface area contributed by atoms with Crippen LogP contribution in [0.25, 0.3) is 0 Å². The lowest BCUT2D eigenvalue weighted by Crippen LogP contribution is -2.28.